The van der Waals surface area contributed by atoms with Gasteiger partial charge in [-0.1, -0.05) is 35.7 Å². The van der Waals surface area contributed by atoms with Crippen molar-refractivity contribution in [2.45, 2.75) is 6.04 Å². The van der Waals surface area contributed by atoms with Crippen LogP contribution in [0.4, 0.5) is 0 Å². The Kier molecular flexibility index (Phi) is 5.19. The van der Waals surface area contributed by atoms with Crippen molar-refractivity contribution in [2.75, 3.05) is 26.3 Å². The number of phenolic OH excluding ortho intramolecular Hbond substituents is 1. The van der Waals surface area contributed by atoms with Crippen molar-refractivity contribution >= 4 is 11.6 Å². The van der Waals surface area contributed by atoms with Gasteiger partial charge in [0.1, 0.15) is 18.8 Å². The Bertz CT molecular complexity index is 715. The molecule has 1 fully saturated rings. The van der Waals surface area contributed by atoms with E-state index in [0.717, 1.165) is 24.2 Å². The van der Waals surface area contributed by atoms with Crippen molar-refractivity contribution in [1.82, 2.24) is 0 Å². The number of hydrogen-bond donors (Lipinski definition) is 2. The molecule has 0 amide bonds. The Morgan fingerprint density at radius 2 is 1.83 bits per heavy atom. The number of aromatic hydroxyl groups is 1. The number of benzene rings is 2. The average molecular weight is 329 g/mol. The maximum Gasteiger partial charge on any atom is 0.179 e. The molecule has 0 aliphatic carbocycles. The van der Waals surface area contributed by atoms with Crippen LogP contribution in [0.1, 0.15) is 17.2 Å². The van der Waals surface area contributed by atoms with E-state index in [1.807, 2.05) is 36.4 Å². The quantitative estimate of drug-likeness (QED) is 0.827. The molecular weight excluding hydrogens is 310 g/mol. The van der Waals surface area contributed by atoms with E-state index in [1.54, 1.807) is 12.1 Å². The van der Waals surface area contributed by atoms with Gasteiger partial charge in [0.2, 0.25) is 0 Å². The van der Waals surface area contributed by atoms with Crippen molar-refractivity contribution in [3.63, 3.8) is 0 Å². The van der Waals surface area contributed by atoms with E-state index in [4.69, 9.17) is 16.3 Å². The van der Waals surface area contributed by atoms with Crippen molar-refractivity contribution in [3.05, 3.63) is 64.7 Å². The number of hydrogen-bond acceptors (Lipinski definition) is 2. The zero-order valence-electron chi connectivity index (χ0n) is 12.8. The fraction of sp³-hybridized carbons (Fsp3) is 0.263. The van der Waals surface area contributed by atoms with E-state index in [9.17, 15) is 5.11 Å². The predicted molar refractivity (Wildman–Crippen MR) is 90.7 cm³/mol. The molecule has 2 aromatic rings. The average Bonchev–Trinajstić information content (AvgIpc) is 2.60. The van der Waals surface area contributed by atoms with E-state index >= 15 is 0 Å². The largest absolute Gasteiger partial charge is 0.507 e. The molecule has 0 aromatic heterocycles. The Hall–Kier alpha value is -1.99. The molecule has 23 heavy (non-hydrogen) atoms. The smallest absolute Gasteiger partial charge is 0.179 e. The lowest BCUT2D eigenvalue weighted by molar-refractivity contribution is -0.930. The SMILES string of the molecule is Oc1ccc(Cl)cc1C(C#Cc1ccccc1)[NH+]1CCOCC1. The highest BCUT2D eigenvalue weighted by Crippen LogP contribution is 2.26. The Morgan fingerprint density at radius 3 is 2.57 bits per heavy atom. The Labute approximate surface area is 141 Å². The van der Waals surface area contributed by atoms with Crippen LogP contribution < -0.4 is 4.90 Å². The van der Waals surface area contributed by atoms with Gasteiger partial charge in [-0.05, 0) is 36.3 Å². The van der Waals surface area contributed by atoms with Gasteiger partial charge in [-0.3, -0.25) is 0 Å². The first-order valence-electron chi connectivity index (χ1n) is 7.71. The number of phenols is 1. The summed E-state index contributed by atoms with van der Waals surface area (Å²) >= 11 is 6.12. The Morgan fingerprint density at radius 1 is 1.09 bits per heavy atom. The van der Waals surface area contributed by atoms with Gasteiger partial charge in [0.05, 0.1) is 18.8 Å². The van der Waals surface area contributed by atoms with E-state index in [0.29, 0.717) is 18.2 Å². The van der Waals surface area contributed by atoms with E-state index < -0.39 is 0 Å². The first-order chi connectivity index (χ1) is 11.2. The standard InChI is InChI=1S/C19H18ClNO2/c20-16-7-9-19(22)17(14-16)18(21-10-12-23-13-11-21)8-6-15-4-2-1-3-5-15/h1-5,7,9,14,18,22H,10-13H2/p+1. The molecule has 4 heteroatoms. The van der Waals surface area contributed by atoms with Gasteiger partial charge in [0.15, 0.2) is 6.04 Å². The molecule has 3 rings (SSSR count). The number of nitrogens with one attached hydrogen (secondary N) is 1. The second-order valence-corrected chi connectivity index (χ2v) is 5.98. The zero-order chi connectivity index (χ0) is 16.1. The molecule has 118 valence electrons. The molecule has 0 bridgehead atoms. The lowest BCUT2D eigenvalue weighted by Crippen LogP contribution is -3.14. The second-order valence-electron chi connectivity index (χ2n) is 5.54. The minimum atomic E-state index is -0.127. The lowest BCUT2D eigenvalue weighted by Gasteiger charge is -2.29. The van der Waals surface area contributed by atoms with Crippen LogP contribution in [0, 0.1) is 11.8 Å². The van der Waals surface area contributed by atoms with E-state index in [1.165, 1.54) is 4.90 Å². The van der Waals surface area contributed by atoms with E-state index in [-0.39, 0.29) is 11.8 Å². The van der Waals surface area contributed by atoms with Gasteiger partial charge in [0, 0.05) is 10.6 Å². The summed E-state index contributed by atoms with van der Waals surface area (Å²) in [7, 11) is 0. The zero-order valence-corrected chi connectivity index (χ0v) is 13.5. The molecule has 1 saturated heterocycles. The number of ether oxygens (including phenoxy) is 1. The summed E-state index contributed by atoms with van der Waals surface area (Å²) in [5, 5.41) is 10.9. The number of morpholine rings is 1. The highest BCUT2D eigenvalue weighted by Gasteiger charge is 2.27. The van der Waals surface area contributed by atoms with Crippen molar-refractivity contribution in [1.29, 1.82) is 0 Å². The van der Waals surface area contributed by atoms with Gasteiger partial charge < -0.3 is 14.7 Å². The van der Waals surface area contributed by atoms with Crippen LogP contribution in [0.15, 0.2) is 48.5 Å². The van der Waals surface area contributed by atoms with Crippen LogP contribution in [0.5, 0.6) is 5.75 Å². The number of quaternary nitrogens is 1. The maximum absolute atomic E-state index is 10.3. The lowest BCUT2D eigenvalue weighted by atomic mass is 10.0. The summed E-state index contributed by atoms with van der Waals surface area (Å²) in [5.41, 5.74) is 1.74. The molecule has 1 unspecified atom stereocenters. The summed E-state index contributed by atoms with van der Waals surface area (Å²) < 4.78 is 5.44. The molecule has 1 heterocycles. The Balaban J connectivity index is 1.96. The van der Waals surface area contributed by atoms with Crippen molar-refractivity contribution < 1.29 is 14.7 Å². The molecule has 2 aromatic carbocycles. The minimum absolute atomic E-state index is 0.127. The summed E-state index contributed by atoms with van der Waals surface area (Å²) in [6.07, 6.45) is 0. The molecule has 3 nitrogen and oxygen atoms in total. The van der Waals surface area contributed by atoms with Gasteiger partial charge in [-0.25, -0.2) is 0 Å². The number of rotatable bonds is 2. The summed E-state index contributed by atoms with van der Waals surface area (Å²) in [4.78, 5) is 1.29. The third kappa shape index (κ3) is 4.05. The third-order valence-electron chi connectivity index (χ3n) is 3.98. The predicted octanol–water partition coefficient (Wildman–Crippen LogP) is 2.05. The molecular formula is C19H19ClNO2+. The monoisotopic (exact) mass is 328 g/mol. The number of halogens is 1. The van der Waals surface area contributed by atoms with Crippen molar-refractivity contribution in [3.8, 4) is 17.6 Å². The summed E-state index contributed by atoms with van der Waals surface area (Å²) in [6.45, 7) is 3.14. The molecule has 0 radical (unpaired) electrons. The van der Waals surface area contributed by atoms with Crippen LogP contribution in [-0.2, 0) is 4.74 Å². The van der Waals surface area contributed by atoms with Crippen LogP contribution in [0.25, 0.3) is 0 Å². The van der Waals surface area contributed by atoms with Crippen LogP contribution in [0.3, 0.4) is 0 Å². The van der Waals surface area contributed by atoms with Crippen LogP contribution in [0.2, 0.25) is 5.02 Å². The van der Waals surface area contributed by atoms with Crippen LogP contribution >= 0.6 is 11.6 Å². The van der Waals surface area contributed by atoms with Gasteiger partial charge in [-0.2, -0.15) is 0 Å². The highest BCUT2D eigenvalue weighted by atomic mass is 35.5. The summed E-state index contributed by atoms with van der Waals surface area (Å²) in [5.74, 6) is 6.79. The molecule has 1 aliphatic rings. The van der Waals surface area contributed by atoms with E-state index in [2.05, 4.69) is 11.8 Å². The third-order valence-corrected chi connectivity index (χ3v) is 4.21. The van der Waals surface area contributed by atoms with Gasteiger partial charge >= 0.3 is 0 Å². The van der Waals surface area contributed by atoms with Gasteiger partial charge in [0.25, 0.3) is 0 Å². The molecule has 0 spiro atoms. The second kappa shape index (κ2) is 7.52. The molecule has 2 N–H and O–H groups in total. The fourth-order valence-corrected chi connectivity index (χ4v) is 2.94. The first kappa shape index (κ1) is 15.9. The normalized spacial score (nSPS) is 16.4. The van der Waals surface area contributed by atoms with Crippen molar-refractivity contribution in [2.24, 2.45) is 0 Å². The molecule has 1 aliphatic heterocycles. The topological polar surface area (TPSA) is 33.9 Å². The molecule has 1 atom stereocenters. The highest BCUT2D eigenvalue weighted by molar-refractivity contribution is 6.30. The molecule has 0 saturated carbocycles. The van der Waals surface area contributed by atoms with Crippen LogP contribution in [-0.4, -0.2) is 31.4 Å². The fourth-order valence-electron chi connectivity index (χ4n) is 2.76. The minimum Gasteiger partial charge on any atom is -0.507 e. The maximum atomic E-state index is 10.3. The summed E-state index contributed by atoms with van der Waals surface area (Å²) in [6, 6.07) is 14.9. The van der Waals surface area contributed by atoms with Gasteiger partial charge in [-0.15, -0.1) is 0 Å². The first-order valence-corrected chi connectivity index (χ1v) is 8.09.